The topological polar surface area (TPSA) is 55.6 Å². The van der Waals surface area contributed by atoms with Crippen molar-refractivity contribution in [3.05, 3.63) is 29.8 Å². The Balaban J connectivity index is 0.00000242. The van der Waals surface area contributed by atoms with Crippen LogP contribution in [0.4, 0.5) is 0 Å². The lowest BCUT2D eigenvalue weighted by molar-refractivity contribution is -0.137. The number of ether oxygens (including phenoxy) is 1. The van der Waals surface area contributed by atoms with Crippen molar-refractivity contribution in [2.45, 2.75) is 32.7 Å². The van der Waals surface area contributed by atoms with Gasteiger partial charge in [-0.1, -0.05) is 18.6 Å². The molecule has 1 aromatic rings. The molecule has 2 N–H and O–H groups in total. The summed E-state index contributed by atoms with van der Waals surface area (Å²) in [4.78, 5) is 14.7. The van der Waals surface area contributed by atoms with Crippen molar-refractivity contribution in [3.8, 4) is 5.75 Å². The van der Waals surface area contributed by atoms with Crippen molar-refractivity contribution in [3.63, 3.8) is 0 Å². The number of halogens is 1. The summed E-state index contributed by atoms with van der Waals surface area (Å²) in [5.41, 5.74) is 6.94. The molecule has 0 radical (unpaired) electrons. The Labute approximate surface area is 139 Å². The molecule has 2 atom stereocenters. The Morgan fingerprint density at radius 1 is 1.32 bits per heavy atom. The van der Waals surface area contributed by atoms with E-state index in [1.807, 2.05) is 36.1 Å². The first-order chi connectivity index (χ1) is 10.2. The maximum atomic E-state index is 12.7. The second-order valence-electron chi connectivity index (χ2n) is 5.73. The highest BCUT2D eigenvalue weighted by atomic mass is 35.5. The summed E-state index contributed by atoms with van der Waals surface area (Å²) in [5, 5.41) is 0. The minimum atomic E-state index is 0. The van der Waals surface area contributed by atoms with Gasteiger partial charge in [0, 0.05) is 19.0 Å². The first-order valence-corrected chi connectivity index (χ1v) is 7.81. The van der Waals surface area contributed by atoms with Gasteiger partial charge < -0.3 is 15.4 Å². The van der Waals surface area contributed by atoms with Crippen molar-refractivity contribution in [1.82, 2.24) is 4.90 Å². The van der Waals surface area contributed by atoms with Crippen LogP contribution in [0, 0.1) is 11.8 Å². The van der Waals surface area contributed by atoms with E-state index in [9.17, 15) is 4.79 Å². The number of carbonyl (C=O) groups is 1. The summed E-state index contributed by atoms with van der Waals surface area (Å²) in [7, 11) is 1.66. The van der Waals surface area contributed by atoms with E-state index in [2.05, 4.69) is 0 Å². The molecule has 1 fully saturated rings. The summed E-state index contributed by atoms with van der Waals surface area (Å²) < 4.78 is 5.16. The van der Waals surface area contributed by atoms with Crippen LogP contribution >= 0.6 is 12.4 Å². The molecule has 1 saturated carbocycles. The van der Waals surface area contributed by atoms with Gasteiger partial charge in [-0.3, -0.25) is 4.79 Å². The zero-order valence-electron chi connectivity index (χ0n) is 13.5. The molecule has 1 aliphatic rings. The van der Waals surface area contributed by atoms with Crippen LogP contribution < -0.4 is 10.5 Å². The SMILES string of the molecule is CCN(Cc1ccc(OC)cc1)C(=O)[C@@H]1CCC[C@@H]1CN.Cl. The molecule has 22 heavy (non-hydrogen) atoms. The van der Waals surface area contributed by atoms with E-state index in [1.165, 1.54) is 0 Å². The number of benzene rings is 1. The van der Waals surface area contributed by atoms with Crippen LogP contribution in [0.25, 0.3) is 0 Å². The number of rotatable bonds is 6. The maximum Gasteiger partial charge on any atom is 0.226 e. The van der Waals surface area contributed by atoms with Crippen molar-refractivity contribution in [1.29, 1.82) is 0 Å². The minimum Gasteiger partial charge on any atom is -0.497 e. The Hall–Kier alpha value is -1.26. The number of nitrogens with zero attached hydrogens (tertiary/aromatic N) is 1. The second-order valence-corrected chi connectivity index (χ2v) is 5.73. The molecule has 0 spiro atoms. The second kappa shape index (κ2) is 9.01. The summed E-state index contributed by atoms with van der Waals surface area (Å²) in [6.45, 7) is 4.05. The van der Waals surface area contributed by atoms with Gasteiger partial charge in [-0.05, 0) is 49.9 Å². The van der Waals surface area contributed by atoms with Crippen LogP contribution in [0.1, 0.15) is 31.7 Å². The number of hydrogen-bond acceptors (Lipinski definition) is 3. The van der Waals surface area contributed by atoms with E-state index in [0.29, 0.717) is 19.0 Å². The van der Waals surface area contributed by atoms with Gasteiger partial charge in [-0.15, -0.1) is 12.4 Å². The van der Waals surface area contributed by atoms with Gasteiger partial charge in [0.25, 0.3) is 0 Å². The normalized spacial score (nSPS) is 20.3. The van der Waals surface area contributed by atoms with Crippen LogP contribution in [0.3, 0.4) is 0 Å². The lowest BCUT2D eigenvalue weighted by Crippen LogP contribution is -2.38. The molecule has 124 valence electrons. The van der Waals surface area contributed by atoms with Crippen molar-refractivity contribution in [2.75, 3.05) is 20.2 Å². The van der Waals surface area contributed by atoms with Crippen LogP contribution in [-0.2, 0) is 11.3 Å². The molecule has 5 heteroatoms. The zero-order valence-corrected chi connectivity index (χ0v) is 14.3. The number of amides is 1. The summed E-state index contributed by atoms with van der Waals surface area (Å²) >= 11 is 0. The fourth-order valence-corrected chi connectivity index (χ4v) is 3.18. The van der Waals surface area contributed by atoms with E-state index in [0.717, 1.165) is 37.1 Å². The molecular weight excluding hydrogens is 300 g/mol. The van der Waals surface area contributed by atoms with Gasteiger partial charge >= 0.3 is 0 Å². The van der Waals surface area contributed by atoms with Crippen LogP contribution in [0.2, 0.25) is 0 Å². The quantitative estimate of drug-likeness (QED) is 0.874. The maximum absolute atomic E-state index is 12.7. The van der Waals surface area contributed by atoms with Gasteiger partial charge in [0.15, 0.2) is 0 Å². The molecule has 0 unspecified atom stereocenters. The fourth-order valence-electron chi connectivity index (χ4n) is 3.18. The molecule has 1 aliphatic carbocycles. The standard InChI is InChI=1S/C17H26N2O2.ClH/c1-3-19(12-13-7-9-15(21-2)10-8-13)17(20)16-6-4-5-14(16)11-18;/h7-10,14,16H,3-6,11-12,18H2,1-2H3;1H/t14-,16-;/m1./s1. The highest BCUT2D eigenvalue weighted by Gasteiger charge is 2.34. The van der Waals surface area contributed by atoms with Crippen molar-refractivity contribution >= 4 is 18.3 Å². The van der Waals surface area contributed by atoms with E-state index in [4.69, 9.17) is 10.5 Å². The molecule has 0 heterocycles. The Morgan fingerprint density at radius 2 is 2.00 bits per heavy atom. The third kappa shape index (κ3) is 4.37. The Bertz CT molecular complexity index is 464. The van der Waals surface area contributed by atoms with E-state index in [-0.39, 0.29) is 24.2 Å². The van der Waals surface area contributed by atoms with Gasteiger partial charge in [-0.25, -0.2) is 0 Å². The molecule has 1 aromatic carbocycles. The van der Waals surface area contributed by atoms with Gasteiger partial charge in [0.05, 0.1) is 7.11 Å². The predicted molar refractivity (Wildman–Crippen MR) is 91.2 cm³/mol. The highest BCUT2D eigenvalue weighted by molar-refractivity contribution is 5.85. The molecule has 0 saturated heterocycles. The van der Waals surface area contributed by atoms with Crippen LogP contribution in [0.15, 0.2) is 24.3 Å². The van der Waals surface area contributed by atoms with Crippen molar-refractivity contribution in [2.24, 2.45) is 17.6 Å². The molecule has 4 nitrogen and oxygen atoms in total. The third-order valence-electron chi connectivity index (χ3n) is 4.50. The predicted octanol–water partition coefficient (Wildman–Crippen LogP) is 2.84. The average molecular weight is 327 g/mol. The molecule has 1 amide bonds. The lowest BCUT2D eigenvalue weighted by Gasteiger charge is -2.27. The molecule has 0 aliphatic heterocycles. The number of methoxy groups -OCH3 is 1. The molecule has 0 aromatic heterocycles. The van der Waals surface area contributed by atoms with E-state index >= 15 is 0 Å². The molecule has 0 bridgehead atoms. The summed E-state index contributed by atoms with van der Waals surface area (Å²) in [5.74, 6) is 1.59. The largest absolute Gasteiger partial charge is 0.497 e. The average Bonchev–Trinajstić information content (AvgIpc) is 3.01. The fraction of sp³-hybridized carbons (Fsp3) is 0.588. The molecule has 2 rings (SSSR count). The van der Waals surface area contributed by atoms with Gasteiger partial charge in [0.1, 0.15) is 5.75 Å². The number of carbonyl (C=O) groups excluding carboxylic acids is 1. The van der Waals surface area contributed by atoms with Crippen LogP contribution in [-0.4, -0.2) is 31.0 Å². The van der Waals surface area contributed by atoms with E-state index in [1.54, 1.807) is 7.11 Å². The minimum absolute atomic E-state index is 0. The van der Waals surface area contributed by atoms with Gasteiger partial charge in [-0.2, -0.15) is 0 Å². The summed E-state index contributed by atoms with van der Waals surface area (Å²) in [6, 6.07) is 7.91. The first kappa shape index (κ1) is 18.8. The third-order valence-corrected chi connectivity index (χ3v) is 4.50. The number of hydrogen-bond donors (Lipinski definition) is 1. The lowest BCUT2D eigenvalue weighted by atomic mass is 9.94. The highest BCUT2D eigenvalue weighted by Crippen LogP contribution is 2.32. The van der Waals surface area contributed by atoms with E-state index < -0.39 is 0 Å². The van der Waals surface area contributed by atoms with Gasteiger partial charge in [0.2, 0.25) is 5.91 Å². The zero-order chi connectivity index (χ0) is 15.2. The Kier molecular flexibility index (Phi) is 7.69. The monoisotopic (exact) mass is 326 g/mol. The van der Waals surface area contributed by atoms with Crippen LogP contribution in [0.5, 0.6) is 5.75 Å². The smallest absolute Gasteiger partial charge is 0.226 e. The van der Waals surface area contributed by atoms with Crippen molar-refractivity contribution < 1.29 is 9.53 Å². The summed E-state index contributed by atoms with van der Waals surface area (Å²) in [6.07, 6.45) is 3.20. The Morgan fingerprint density at radius 3 is 2.55 bits per heavy atom. The molecular formula is C17H27ClN2O2. The first-order valence-electron chi connectivity index (χ1n) is 7.81. The number of nitrogens with two attached hydrogens (primary N) is 1.